The topological polar surface area (TPSA) is 113 Å². The van der Waals surface area contributed by atoms with Crippen molar-refractivity contribution in [2.75, 3.05) is 13.1 Å². The highest BCUT2D eigenvalue weighted by molar-refractivity contribution is 6.23. The molecular formula is C19H24N4O4. The fourth-order valence-corrected chi connectivity index (χ4v) is 3.59. The molecule has 1 saturated heterocycles. The second-order valence-electron chi connectivity index (χ2n) is 7.13. The van der Waals surface area contributed by atoms with Gasteiger partial charge < -0.3 is 5.73 Å². The van der Waals surface area contributed by atoms with E-state index >= 15 is 0 Å². The van der Waals surface area contributed by atoms with Gasteiger partial charge in [0.2, 0.25) is 11.8 Å². The summed E-state index contributed by atoms with van der Waals surface area (Å²) in [6, 6.07) is 4.26. The van der Waals surface area contributed by atoms with Crippen molar-refractivity contribution < 1.29 is 19.2 Å². The molecule has 27 heavy (non-hydrogen) atoms. The first-order chi connectivity index (χ1) is 12.8. The van der Waals surface area contributed by atoms with E-state index in [9.17, 15) is 19.2 Å². The maximum atomic E-state index is 12.8. The van der Waals surface area contributed by atoms with Crippen LogP contribution in [-0.4, -0.2) is 58.6 Å². The molecule has 2 unspecified atom stereocenters. The van der Waals surface area contributed by atoms with Crippen molar-refractivity contribution in [3.8, 4) is 0 Å². The smallest absolute Gasteiger partial charge is 0.262 e. The molecule has 8 nitrogen and oxygen atoms in total. The van der Waals surface area contributed by atoms with Crippen LogP contribution in [0, 0.1) is 0 Å². The predicted molar refractivity (Wildman–Crippen MR) is 97.7 cm³/mol. The van der Waals surface area contributed by atoms with Gasteiger partial charge in [-0.15, -0.1) is 0 Å². The quantitative estimate of drug-likeness (QED) is 0.693. The number of hydrogen-bond donors (Lipinski definition) is 2. The van der Waals surface area contributed by atoms with E-state index in [1.54, 1.807) is 12.1 Å². The van der Waals surface area contributed by atoms with E-state index in [1.807, 2.05) is 19.9 Å². The highest BCUT2D eigenvalue weighted by Gasteiger charge is 2.44. The third-order valence-electron chi connectivity index (χ3n) is 4.90. The number of hydrogen-bond acceptors (Lipinski definition) is 6. The summed E-state index contributed by atoms with van der Waals surface area (Å²) in [5, 5.41) is 2.19. The first-order valence-corrected chi connectivity index (χ1v) is 9.14. The lowest BCUT2D eigenvalue weighted by atomic mass is 10.0. The third-order valence-corrected chi connectivity index (χ3v) is 4.90. The van der Waals surface area contributed by atoms with Gasteiger partial charge in [0.25, 0.3) is 11.8 Å². The average molecular weight is 372 g/mol. The summed E-state index contributed by atoms with van der Waals surface area (Å²) in [5.74, 6) is -1.96. The SMILES string of the molecule is CCN(Cc1ccc2c(c1)C(=O)N(C1CCC(=O)NC1=O)C2=O)CC(C)N. The molecule has 0 aliphatic carbocycles. The normalized spacial score (nSPS) is 20.9. The Bertz CT molecular complexity index is 805. The van der Waals surface area contributed by atoms with Crippen LogP contribution in [-0.2, 0) is 16.1 Å². The minimum Gasteiger partial charge on any atom is -0.327 e. The third kappa shape index (κ3) is 3.77. The van der Waals surface area contributed by atoms with Gasteiger partial charge in [-0.3, -0.25) is 34.3 Å². The van der Waals surface area contributed by atoms with Crippen molar-refractivity contribution >= 4 is 23.6 Å². The van der Waals surface area contributed by atoms with Crippen LogP contribution in [0.15, 0.2) is 18.2 Å². The van der Waals surface area contributed by atoms with Crippen LogP contribution in [0.3, 0.4) is 0 Å². The molecule has 1 aromatic rings. The summed E-state index contributed by atoms with van der Waals surface area (Å²) in [6.07, 6.45) is 0.263. The summed E-state index contributed by atoms with van der Waals surface area (Å²) in [6.45, 7) is 6.13. The fraction of sp³-hybridized carbons (Fsp3) is 0.474. The fourth-order valence-electron chi connectivity index (χ4n) is 3.59. The molecule has 3 rings (SSSR count). The second-order valence-corrected chi connectivity index (χ2v) is 7.13. The van der Waals surface area contributed by atoms with E-state index in [0.717, 1.165) is 23.6 Å². The summed E-state index contributed by atoms with van der Waals surface area (Å²) in [7, 11) is 0. The Labute approximate surface area is 157 Å². The van der Waals surface area contributed by atoms with Gasteiger partial charge in [0.15, 0.2) is 0 Å². The van der Waals surface area contributed by atoms with Crippen LogP contribution in [0.5, 0.6) is 0 Å². The number of imide groups is 2. The largest absolute Gasteiger partial charge is 0.327 e. The molecule has 0 radical (unpaired) electrons. The molecular weight excluding hydrogens is 348 g/mol. The van der Waals surface area contributed by atoms with Crippen molar-refractivity contribution in [2.45, 2.75) is 45.3 Å². The van der Waals surface area contributed by atoms with Crippen LogP contribution >= 0.6 is 0 Å². The first-order valence-electron chi connectivity index (χ1n) is 9.14. The molecule has 0 aromatic heterocycles. The molecule has 4 amide bonds. The van der Waals surface area contributed by atoms with Gasteiger partial charge in [-0.25, -0.2) is 0 Å². The van der Waals surface area contributed by atoms with E-state index in [-0.39, 0.29) is 24.8 Å². The second kappa shape index (κ2) is 7.58. The lowest BCUT2D eigenvalue weighted by molar-refractivity contribution is -0.136. The van der Waals surface area contributed by atoms with Crippen LogP contribution in [0.1, 0.15) is 53.0 Å². The molecule has 144 valence electrons. The van der Waals surface area contributed by atoms with Gasteiger partial charge in [0.1, 0.15) is 6.04 Å². The van der Waals surface area contributed by atoms with E-state index in [0.29, 0.717) is 17.7 Å². The number of nitrogens with two attached hydrogens (primary N) is 1. The number of piperidine rings is 1. The van der Waals surface area contributed by atoms with Gasteiger partial charge >= 0.3 is 0 Å². The number of nitrogens with zero attached hydrogens (tertiary/aromatic N) is 2. The Morgan fingerprint density at radius 3 is 2.56 bits per heavy atom. The Morgan fingerprint density at radius 1 is 1.22 bits per heavy atom. The van der Waals surface area contributed by atoms with Gasteiger partial charge in [0, 0.05) is 25.6 Å². The van der Waals surface area contributed by atoms with E-state index in [4.69, 9.17) is 5.73 Å². The Morgan fingerprint density at radius 2 is 1.93 bits per heavy atom. The van der Waals surface area contributed by atoms with Crippen LogP contribution in [0.2, 0.25) is 0 Å². The summed E-state index contributed by atoms with van der Waals surface area (Å²) in [5.41, 5.74) is 7.37. The van der Waals surface area contributed by atoms with Crippen LogP contribution in [0.25, 0.3) is 0 Å². The standard InChI is InChI=1S/C19H24N4O4/c1-3-22(9-11(2)20)10-12-4-5-13-14(8-12)19(27)23(18(13)26)15-6-7-16(24)21-17(15)25/h4-5,8,11,15H,3,6-7,9-10,20H2,1-2H3,(H,21,24,25). The maximum Gasteiger partial charge on any atom is 0.262 e. The molecule has 1 aromatic carbocycles. The Kier molecular flexibility index (Phi) is 5.38. The van der Waals surface area contributed by atoms with Crippen LogP contribution < -0.4 is 11.1 Å². The first kappa shape index (κ1) is 19.2. The van der Waals surface area contributed by atoms with Crippen molar-refractivity contribution in [3.63, 3.8) is 0 Å². The highest BCUT2D eigenvalue weighted by atomic mass is 16.2. The molecule has 2 aliphatic rings. The number of amides is 4. The molecule has 0 bridgehead atoms. The number of carbonyl (C=O) groups is 4. The molecule has 2 atom stereocenters. The minimum absolute atomic E-state index is 0.0330. The van der Waals surface area contributed by atoms with Crippen molar-refractivity contribution in [3.05, 3.63) is 34.9 Å². The van der Waals surface area contributed by atoms with Gasteiger partial charge in [-0.2, -0.15) is 0 Å². The summed E-state index contributed by atoms with van der Waals surface area (Å²) in [4.78, 5) is 52.1. The Hall–Kier alpha value is -2.58. The van der Waals surface area contributed by atoms with E-state index < -0.39 is 23.8 Å². The number of carbonyl (C=O) groups excluding carboxylic acids is 4. The lowest BCUT2D eigenvalue weighted by Crippen LogP contribution is -2.54. The van der Waals surface area contributed by atoms with Crippen LogP contribution in [0.4, 0.5) is 0 Å². The average Bonchev–Trinajstić information content (AvgIpc) is 2.85. The zero-order valence-corrected chi connectivity index (χ0v) is 15.5. The van der Waals surface area contributed by atoms with Crippen molar-refractivity contribution in [1.29, 1.82) is 0 Å². The van der Waals surface area contributed by atoms with Gasteiger partial charge in [-0.05, 0) is 37.6 Å². The predicted octanol–water partition coefficient (Wildman–Crippen LogP) is 0.257. The van der Waals surface area contributed by atoms with Crippen molar-refractivity contribution in [2.24, 2.45) is 5.73 Å². The van der Waals surface area contributed by atoms with Crippen molar-refractivity contribution in [1.82, 2.24) is 15.1 Å². The van der Waals surface area contributed by atoms with E-state index in [2.05, 4.69) is 10.2 Å². The summed E-state index contributed by atoms with van der Waals surface area (Å²) < 4.78 is 0. The Balaban J connectivity index is 1.82. The zero-order valence-electron chi connectivity index (χ0n) is 15.5. The summed E-state index contributed by atoms with van der Waals surface area (Å²) >= 11 is 0. The zero-order chi connectivity index (χ0) is 19.7. The number of rotatable bonds is 6. The molecule has 1 fully saturated rings. The monoisotopic (exact) mass is 372 g/mol. The van der Waals surface area contributed by atoms with Gasteiger partial charge in [0.05, 0.1) is 11.1 Å². The molecule has 2 heterocycles. The molecule has 0 saturated carbocycles. The molecule has 0 spiro atoms. The number of fused-ring (bicyclic) bond motifs is 1. The number of likely N-dealkylation sites (N-methyl/N-ethyl adjacent to an activating group) is 1. The molecule has 8 heteroatoms. The van der Waals surface area contributed by atoms with Gasteiger partial charge in [-0.1, -0.05) is 13.0 Å². The highest BCUT2D eigenvalue weighted by Crippen LogP contribution is 2.28. The molecule has 2 aliphatic heterocycles. The number of benzene rings is 1. The van der Waals surface area contributed by atoms with E-state index in [1.165, 1.54) is 0 Å². The minimum atomic E-state index is -0.941. The molecule has 3 N–H and O–H groups in total. The lowest BCUT2D eigenvalue weighted by Gasteiger charge is -2.27. The number of nitrogens with one attached hydrogen (secondary N) is 1. The maximum absolute atomic E-state index is 12.8.